The molecule has 0 spiro atoms. The third-order valence-corrected chi connectivity index (χ3v) is 3.23. The Morgan fingerprint density at radius 2 is 1.86 bits per heavy atom. The van der Waals surface area contributed by atoms with E-state index in [-0.39, 0.29) is 5.75 Å². The lowest BCUT2D eigenvalue weighted by atomic mass is 10.1. The molecule has 0 saturated heterocycles. The molecule has 0 saturated carbocycles. The zero-order valence-corrected chi connectivity index (χ0v) is 11.6. The van der Waals surface area contributed by atoms with Gasteiger partial charge >= 0.3 is 0 Å². The number of aromatic nitrogens is 1. The molecule has 0 amide bonds. The molecule has 2 N–H and O–H groups in total. The van der Waals surface area contributed by atoms with Gasteiger partial charge in [0.1, 0.15) is 11.6 Å². The highest BCUT2D eigenvalue weighted by Crippen LogP contribution is 2.19. The SMILES string of the molecule is Cc1cc2ccccc2nc1NN=Cc1ccccc1O. The fraction of sp³-hybridized carbons (Fsp3) is 0.0588. The predicted molar refractivity (Wildman–Crippen MR) is 85.8 cm³/mol. The fourth-order valence-corrected chi connectivity index (χ4v) is 2.09. The molecule has 0 aliphatic rings. The standard InChI is InChI=1S/C17H15N3O/c1-12-10-13-6-2-4-8-15(13)19-17(12)20-18-11-14-7-3-5-9-16(14)21/h2-11,21H,1H3,(H,19,20). The lowest BCUT2D eigenvalue weighted by molar-refractivity contribution is 0.474. The Morgan fingerprint density at radius 3 is 2.71 bits per heavy atom. The predicted octanol–water partition coefficient (Wildman–Crippen LogP) is 3.69. The number of anilines is 1. The second kappa shape index (κ2) is 5.63. The van der Waals surface area contributed by atoms with Crippen molar-refractivity contribution in [2.24, 2.45) is 5.10 Å². The van der Waals surface area contributed by atoms with Gasteiger partial charge in [-0.25, -0.2) is 4.98 Å². The molecule has 0 aliphatic carbocycles. The maximum absolute atomic E-state index is 9.67. The van der Waals surface area contributed by atoms with Gasteiger partial charge in [0.05, 0.1) is 11.7 Å². The highest BCUT2D eigenvalue weighted by atomic mass is 16.3. The summed E-state index contributed by atoms with van der Waals surface area (Å²) in [5.74, 6) is 0.909. The van der Waals surface area contributed by atoms with Gasteiger partial charge < -0.3 is 5.11 Å². The maximum atomic E-state index is 9.67. The molecule has 1 aromatic heterocycles. The number of phenols is 1. The largest absolute Gasteiger partial charge is 0.507 e. The molecule has 21 heavy (non-hydrogen) atoms. The normalized spacial score (nSPS) is 11.1. The molecule has 0 unspecified atom stereocenters. The van der Waals surface area contributed by atoms with Crippen molar-refractivity contribution >= 4 is 22.9 Å². The molecule has 0 atom stereocenters. The summed E-state index contributed by atoms with van der Waals surface area (Å²) in [7, 11) is 0. The van der Waals surface area contributed by atoms with E-state index in [9.17, 15) is 5.11 Å². The van der Waals surface area contributed by atoms with Crippen LogP contribution in [0.25, 0.3) is 10.9 Å². The van der Waals surface area contributed by atoms with Crippen molar-refractivity contribution < 1.29 is 5.11 Å². The Labute approximate surface area is 122 Å². The number of pyridine rings is 1. The Kier molecular flexibility index (Phi) is 3.51. The van der Waals surface area contributed by atoms with Crippen LogP contribution < -0.4 is 5.43 Å². The highest BCUT2D eigenvalue weighted by molar-refractivity contribution is 5.84. The monoisotopic (exact) mass is 277 g/mol. The highest BCUT2D eigenvalue weighted by Gasteiger charge is 2.02. The van der Waals surface area contributed by atoms with Crippen LogP contribution in [0, 0.1) is 6.92 Å². The Bertz CT molecular complexity index is 812. The van der Waals surface area contributed by atoms with Gasteiger partial charge in [-0.15, -0.1) is 0 Å². The van der Waals surface area contributed by atoms with Crippen LogP contribution >= 0.6 is 0 Å². The number of nitrogens with one attached hydrogen (secondary N) is 1. The van der Waals surface area contributed by atoms with Gasteiger partial charge in [-0.2, -0.15) is 5.10 Å². The second-order valence-electron chi connectivity index (χ2n) is 4.78. The van der Waals surface area contributed by atoms with Gasteiger partial charge in [0.15, 0.2) is 0 Å². The number of aryl methyl sites for hydroxylation is 1. The topological polar surface area (TPSA) is 57.5 Å². The van der Waals surface area contributed by atoms with Crippen LogP contribution in [0.15, 0.2) is 59.7 Å². The van der Waals surface area contributed by atoms with Crippen LogP contribution in [0.2, 0.25) is 0 Å². The second-order valence-corrected chi connectivity index (χ2v) is 4.78. The molecule has 0 fully saturated rings. The number of hydrazone groups is 1. The van der Waals surface area contributed by atoms with Gasteiger partial charge in [0.2, 0.25) is 0 Å². The average molecular weight is 277 g/mol. The minimum Gasteiger partial charge on any atom is -0.507 e. The number of para-hydroxylation sites is 2. The van der Waals surface area contributed by atoms with Crippen LogP contribution in [0.1, 0.15) is 11.1 Å². The molecule has 3 aromatic rings. The lowest BCUT2D eigenvalue weighted by Crippen LogP contribution is -1.97. The van der Waals surface area contributed by atoms with E-state index in [2.05, 4.69) is 21.6 Å². The van der Waals surface area contributed by atoms with E-state index < -0.39 is 0 Å². The van der Waals surface area contributed by atoms with Crippen LogP contribution in [0.4, 0.5) is 5.82 Å². The number of rotatable bonds is 3. The first-order valence-electron chi connectivity index (χ1n) is 6.67. The minimum absolute atomic E-state index is 0.200. The van der Waals surface area contributed by atoms with Crippen LogP contribution in [0.3, 0.4) is 0 Å². The molecule has 104 valence electrons. The Hall–Kier alpha value is -2.88. The fourth-order valence-electron chi connectivity index (χ4n) is 2.09. The molecule has 1 heterocycles. The van der Waals surface area contributed by atoms with Gasteiger partial charge in [0, 0.05) is 10.9 Å². The van der Waals surface area contributed by atoms with E-state index in [1.54, 1.807) is 24.4 Å². The summed E-state index contributed by atoms with van der Waals surface area (Å²) in [6.07, 6.45) is 1.58. The third kappa shape index (κ3) is 2.84. The lowest BCUT2D eigenvalue weighted by Gasteiger charge is -2.06. The summed E-state index contributed by atoms with van der Waals surface area (Å²) in [6, 6.07) is 17.1. The quantitative estimate of drug-likeness (QED) is 0.567. The summed E-state index contributed by atoms with van der Waals surface area (Å²) in [4.78, 5) is 4.54. The summed E-state index contributed by atoms with van der Waals surface area (Å²) in [6.45, 7) is 1.98. The van der Waals surface area contributed by atoms with Crippen LogP contribution in [-0.2, 0) is 0 Å². The number of hydrogen-bond donors (Lipinski definition) is 2. The maximum Gasteiger partial charge on any atom is 0.149 e. The Morgan fingerprint density at radius 1 is 1.10 bits per heavy atom. The molecule has 3 rings (SSSR count). The summed E-state index contributed by atoms with van der Waals surface area (Å²) < 4.78 is 0. The van der Waals surface area contributed by atoms with Crippen LogP contribution in [-0.4, -0.2) is 16.3 Å². The summed E-state index contributed by atoms with van der Waals surface area (Å²) in [5.41, 5.74) is 5.52. The third-order valence-electron chi connectivity index (χ3n) is 3.23. The molecule has 4 nitrogen and oxygen atoms in total. The molecule has 4 heteroatoms. The van der Waals surface area contributed by atoms with Crippen molar-refractivity contribution in [2.75, 3.05) is 5.43 Å². The first kappa shape index (κ1) is 13.1. The smallest absolute Gasteiger partial charge is 0.149 e. The number of hydrogen-bond acceptors (Lipinski definition) is 4. The van der Waals surface area contributed by atoms with Crippen molar-refractivity contribution in [2.45, 2.75) is 6.92 Å². The van der Waals surface area contributed by atoms with Crippen molar-refractivity contribution in [1.82, 2.24) is 4.98 Å². The zero-order valence-electron chi connectivity index (χ0n) is 11.6. The Balaban J connectivity index is 1.85. The van der Waals surface area contributed by atoms with E-state index >= 15 is 0 Å². The molecule has 0 aliphatic heterocycles. The molecule has 0 bridgehead atoms. The molecular formula is C17H15N3O. The first-order valence-corrected chi connectivity index (χ1v) is 6.67. The van der Waals surface area contributed by atoms with Crippen molar-refractivity contribution in [3.63, 3.8) is 0 Å². The zero-order chi connectivity index (χ0) is 14.7. The number of phenolic OH excluding ortho intramolecular Hbond substituents is 1. The van der Waals surface area contributed by atoms with Crippen molar-refractivity contribution in [1.29, 1.82) is 0 Å². The number of benzene rings is 2. The minimum atomic E-state index is 0.200. The summed E-state index contributed by atoms with van der Waals surface area (Å²) >= 11 is 0. The van der Waals surface area contributed by atoms with Gasteiger partial charge in [-0.1, -0.05) is 30.3 Å². The van der Waals surface area contributed by atoms with E-state index in [1.165, 1.54) is 0 Å². The van der Waals surface area contributed by atoms with Gasteiger partial charge in [-0.3, -0.25) is 5.43 Å². The number of fused-ring (bicyclic) bond motifs is 1. The molecular weight excluding hydrogens is 262 g/mol. The van der Waals surface area contributed by atoms with E-state index in [0.29, 0.717) is 11.4 Å². The first-order chi connectivity index (χ1) is 10.2. The molecule has 2 aromatic carbocycles. The van der Waals surface area contributed by atoms with E-state index in [0.717, 1.165) is 16.5 Å². The van der Waals surface area contributed by atoms with Crippen molar-refractivity contribution in [3.05, 3.63) is 65.7 Å². The average Bonchev–Trinajstić information content (AvgIpc) is 2.49. The van der Waals surface area contributed by atoms with Gasteiger partial charge in [0.25, 0.3) is 0 Å². The summed E-state index contributed by atoms with van der Waals surface area (Å²) in [5, 5.41) is 14.9. The van der Waals surface area contributed by atoms with E-state index in [4.69, 9.17) is 0 Å². The van der Waals surface area contributed by atoms with Crippen molar-refractivity contribution in [3.8, 4) is 5.75 Å². The van der Waals surface area contributed by atoms with Gasteiger partial charge in [-0.05, 0) is 36.8 Å². The number of nitrogens with zero attached hydrogens (tertiary/aromatic N) is 2. The number of aromatic hydroxyl groups is 1. The molecule has 0 radical (unpaired) electrons. The van der Waals surface area contributed by atoms with Crippen LogP contribution in [0.5, 0.6) is 5.75 Å². The van der Waals surface area contributed by atoms with E-state index in [1.807, 2.05) is 37.3 Å².